The monoisotopic (exact) mass is 367 g/mol. The highest BCUT2D eigenvalue weighted by Crippen LogP contribution is 2.30. The van der Waals surface area contributed by atoms with E-state index < -0.39 is 5.60 Å². The number of hydrogen-bond donors (Lipinski definition) is 0. The molecule has 0 radical (unpaired) electrons. The Kier molecular flexibility index (Phi) is 5.92. The van der Waals surface area contributed by atoms with Crippen LogP contribution in [0, 0.1) is 5.92 Å². The minimum Gasteiger partial charge on any atom is -0.444 e. The van der Waals surface area contributed by atoms with Gasteiger partial charge in [0.15, 0.2) is 5.82 Å². The van der Waals surface area contributed by atoms with Gasteiger partial charge in [-0.25, -0.2) is 4.79 Å². The Labute approximate surface area is 154 Å². The topological polar surface area (TPSA) is 68.5 Å². The molecule has 2 fully saturated rings. The van der Waals surface area contributed by atoms with Crippen molar-refractivity contribution in [3.8, 4) is 0 Å². The van der Waals surface area contributed by atoms with Crippen LogP contribution in [0.15, 0.2) is 4.52 Å². The van der Waals surface area contributed by atoms with Crippen molar-refractivity contribution in [2.45, 2.75) is 75.9 Å². The van der Waals surface area contributed by atoms with Gasteiger partial charge in [-0.2, -0.15) is 16.7 Å². The Bertz CT molecular complexity index is 572. The van der Waals surface area contributed by atoms with Gasteiger partial charge in [-0.05, 0) is 33.6 Å². The van der Waals surface area contributed by atoms with E-state index in [0.717, 1.165) is 23.2 Å². The number of rotatable bonds is 5. The fraction of sp³-hybridized carbons (Fsp3) is 0.833. The van der Waals surface area contributed by atoms with Gasteiger partial charge in [0.2, 0.25) is 5.89 Å². The van der Waals surface area contributed by atoms with E-state index in [2.05, 4.69) is 10.1 Å². The minimum absolute atomic E-state index is 0.237. The maximum atomic E-state index is 11.9. The maximum Gasteiger partial charge on any atom is 0.410 e. The van der Waals surface area contributed by atoms with E-state index in [0.29, 0.717) is 24.9 Å². The average Bonchev–Trinajstić information content (AvgIpc) is 2.95. The van der Waals surface area contributed by atoms with E-state index in [-0.39, 0.29) is 6.09 Å². The molecule has 0 atom stereocenters. The molecule has 1 saturated heterocycles. The average molecular weight is 368 g/mol. The van der Waals surface area contributed by atoms with Gasteiger partial charge in [-0.3, -0.25) is 0 Å². The summed E-state index contributed by atoms with van der Waals surface area (Å²) in [7, 11) is 0. The van der Waals surface area contributed by atoms with Crippen molar-refractivity contribution in [1.29, 1.82) is 0 Å². The second kappa shape index (κ2) is 7.98. The number of carbonyl (C=O) groups is 1. The summed E-state index contributed by atoms with van der Waals surface area (Å²) in [6, 6.07) is 0. The lowest BCUT2D eigenvalue weighted by molar-refractivity contribution is -0.00187. The Morgan fingerprint density at radius 3 is 2.68 bits per heavy atom. The molecule has 1 saturated carbocycles. The Morgan fingerprint density at radius 2 is 2.00 bits per heavy atom. The zero-order chi connectivity index (χ0) is 17.9. The van der Waals surface area contributed by atoms with Crippen LogP contribution in [-0.2, 0) is 16.9 Å². The van der Waals surface area contributed by atoms with Gasteiger partial charge in [0.05, 0.1) is 5.75 Å². The number of thioether (sulfide) groups is 1. The van der Waals surface area contributed by atoms with Crippen molar-refractivity contribution in [2.75, 3.05) is 13.1 Å². The molecule has 1 amide bonds. The first kappa shape index (κ1) is 18.5. The van der Waals surface area contributed by atoms with Gasteiger partial charge in [-0.1, -0.05) is 24.4 Å². The highest BCUT2D eigenvalue weighted by Gasteiger charge is 2.34. The van der Waals surface area contributed by atoms with Crippen LogP contribution in [0.5, 0.6) is 0 Å². The van der Waals surface area contributed by atoms with Crippen molar-refractivity contribution < 1.29 is 14.1 Å². The summed E-state index contributed by atoms with van der Waals surface area (Å²) in [5.74, 6) is 2.71. The minimum atomic E-state index is -0.445. The van der Waals surface area contributed by atoms with E-state index in [4.69, 9.17) is 9.26 Å². The number of hydrogen-bond acceptors (Lipinski definition) is 6. The molecule has 2 aliphatic rings. The standard InChI is InChI=1S/C18H29N3O3S/c1-18(2,3)23-17(22)21-10-13(11-21)9-16-19-15(20-24-16)12-25-14-7-5-4-6-8-14/h13-14H,4-12H2,1-3H3. The molecule has 7 heteroatoms. The van der Waals surface area contributed by atoms with Gasteiger partial charge in [0.1, 0.15) is 5.60 Å². The number of carbonyl (C=O) groups excluding carboxylic acids is 1. The molecule has 1 aromatic rings. The summed E-state index contributed by atoms with van der Waals surface area (Å²) in [5, 5.41) is 4.86. The predicted octanol–water partition coefficient (Wildman–Crippen LogP) is 4.04. The van der Waals surface area contributed by atoms with Crippen LogP contribution in [-0.4, -0.2) is 45.1 Å². The third kappa shape index (κ3) is 5.62. The lowest BCUT2D eigenvalue weighted by Gasteiger charge is -2.39. The quantitative estimate of drug-likeness (QED) is 0.782. The summed E-state index contributed by atoms with van der Waals surface area (Å²) >= 11 is 1.96. The first-order chi connectivity index (χ1) is 11.9. The molecule has 0 aromatic carbocycles. The van der Waals surface area contributed by atoms with Crippen molar-refractivity contribution in [2.24, 2.45) is 5.92 Å². The number of amides is 1. The summed E-state index contributed by atoms with van der Waals surface area (Å²) in [5.41, 5.74) is -0.445. The number of likely N-dealkylation sites (tertiary alicyclic amines) is 1. The van der Waals surface area contributed by atoms with Gasteiger partial charge >= 0.3 is 6.09 Å². The van der Waals surface area contributed by atoms with Crippen LogP contribution < -0.4 is 0 Å². The van der Waals surface area contributed by atoms with Crippen molar-refractivity contribution in [3.05, 3.63) is 11.7 Å². The smallest absolute Gasteiger partial charge is 0.410 e. The normalized spacial score (nSPS) is 19.7. The molecule has 0 spiro atoms. The molecule has 6 nitrogen and oxygen atoms in total. The summed E-state index contributed by atoms with van der Waals surface area (Å²) in [6.45, 7) is 7.04. The summed E-state index contributed by atoms with van der Waals surface area (Å²) in [6.07, 6.45) is 7.22. The highest BCUT2D eigenvalue weighted by atomic mass is 32.2. The molecule has 140 valence electrons. The van der Waals surface area contributed by atoms with Gasteiger partial charge in [0.25, 0.3) is 0 Å². The zero-order valence-electron chi connectivity index (χ0n) is 15.5. The molecule has 2 heterocycles. The SMILES string of the molecule is CC(C)(C)OC(=O)N1CC(Cc2nc(CSC3CCCCC3)no2)C1. The highest BCUT2D eigenvalue weighted by molar-refractivity contribution is 7.99. The van der Waals surface area contributed by atoms with Crippen molar-refractivity contribution in [1.82, 2.24) is 15.0 Å². The number of nitrogens with zero attached hydrogens (tertiary/aromatic N) is 3. The molecular weight excluding hydrogens is 338 g/mol. The van der Waals surface area contributed by atoms with Gasteiger partial charge < -0.3 is 14.2 Å². The van der Waals surface area contributed by atoms with E-state index in [1.807, 2.05) is 32.5 Å². The van der Waals surface area contributed by atoms with Crippen LogP contribution in [0.25, 0.3) is 0 Å². The van der Waals surface area contributed by atoms with Crippen LogP contribution in [0.2, 0.25) is 0 Å². The fourth-order valence-electron chi connectivity index (χ4n) is 3.28. The molecule has 0 bridgehead atoms. The maximum absolute atomic E-state index is 11.9. The van der Waals surface area contributed by atoms with E-state index >= 15 is 0 Å². The molecule has 1 aromatic heterocycles. The number of aromatic nitrogens is 2. The molecule has 25 heavy (non-hydrogen) atoms. The van der Waals surface area contributed by atoms with Gasteiger partial charge in [0, 0.05) is 30.7 Å². The second-order valence-corrected chi connectivity index (χ2v) is 9.42. The Morgan fingerprint density at radius 1 is 1.28 bits per heavy atom. The van der Waals surface area contributed by atoms with E-state index in [1.54, 1.807) is 4.90 Å². The Balaban J connectivity index is 1.37. The van der Waals surface area contributed by atoms with E-state index in [9.17, 15) is 4.79 Å². The summed E-state index contributed by atoms with van der Waals surface area (Å²) < 4.78 is 10.7. The lowest BCUT2D eigenvalue weighted by Crippen LogP contribution is -2.52. The molecule has 0 unspecified atom stereocenters. The van der Waals surface area contributed by atoms with Crippen molar-refractivity contribution in [3.63, 3.8) is 0 Å². The van der Waals surface area contributed by atoms with Crippen molar-refractivity contribution >= 4 is 17.9 Å². The lowest BCUT2D eigenvalue weighted by atomic mass is 9.97. The Hall–Kier alpha value is -1.24. The van der Waals surface area contributed by atoms with Crippen LogP contribution in [0.3, 0.4) is 0 Å². The molecule has 1 aliphatic heterocycles. The van der Waals surface area contributed by atoms with Crippen LogP contribution in [0.1, 0.15) is 64.6 Å². The molecule has 1 aliphatic carbocycles. The predicted molar refractivity (Wildman–Crippen MR) is 97.5 cm³/mol. The van der Waals surface area contributed by atoms with E-state index in [1.165, 1.54) is 32.1 Å². The first-order valence-electron chi connectivity index (χ1n) is 9.30. The molecule has 3 rings (SSSR count). The zero-order valence-corrected chi connectivity index (χ0v) is 16.3. The largest absolute Gasteiger partial charge is 0.444 e. The summed E-state index contributed by atoms with van der Waals surface area (Å²) in [4.78, 5) is 18.2. The fourth-order valence-corrected chi connectivity index (χ4v) is 4.45. The molecular formula is C18H29N3O3S. The molecule has 0 N–H and O–H groups in total. The third-order valence-electron chi connectivity index (χ3n) is 4.58. The van der Waals surface area contributed by atoms with Gasteiger partial charge in [-0.15, -0.1) is 0 Å². The number of ether oxygens (including phenoxy) is 1. The third-order valence-corrected chi connectivity index (χ3v) is 5.95. The first-order valence-corrected chi connectivity index (χ1v) is 10.3. The second-order valence-electron chi connectivity index (χ2n) is 8.13. The van der Waals surface area contributed by atoms with Crippen LogP contribution in [0.4, 0.5) is 4.79 Å². The van der Waals surface area contributed by atoms with Crippen LogP contribution >= 0.6 is 11.8 Å².